The molecule has 2 aromatic carbocycles. The van der Waals surface area contributed by atoms with Crippen molar-refractivity contribution in [2.45, 2.75) is 37.8 Å². The van der Waals surface area contributed by atoms with E-state index in [4.69, 9.17) is 5.73 Å². The van der Waals surface area contributed by atoms with Crippen LogP contribution in [0.25, 0.3) is 5.73 Å². The van der Waals surface area contributed by atoms with Gasteiger partial charge in [-0.2, -0.15) is 26.3 Å². The van der Waals surface area contributed by atoms with Crippen LogP contribution in [0.2, 0.25) is 0 Å². The Balaban J connectivity index is 0.000000555. The number of nitrogens with one attached hydrogen (secondary N) is 1. The molecule has 1 aliphatic carbocycles. The van der Waals surface area contributed by atoms with Crippen LogP contribution in [0.4, 0.5) is 26.3 Å². The number of benzene rings is 2. The maximum atomic E-state index is 12.3. The minimum Gasteiger partial charge on any atom is -0.669 e. The Kier molecular flexibility index (Phi) is 11.4. The van der Waals surface area contributed by atoms with Gasteiger partial charge in [-0.05, 0) is 37.1 Å². The van der Waals surface area contributed by atoms with E-state index in [1.165, 1.54) is 0 Å². The molecule has 2 N–H and O–H groups in total. The third-order valence-electron chi connectivity index (χ3n) is 4.20. The largest absolute Gasteiger partial charge is 0.669 e. The van der Waals surface area contributed by atoms with Gasteiger partial charge in [-0.15, -0.1) is 0 Å². The molecule has 2 aromatic rings. The Morgan fingerprint density at radius 2 is 1.48 bits per heavy atom. The SMILES string of the molecule is CC(=O)c1cc(C(F)(F)F)cc(C(F)(F)F)c1.[CH3-].[Cl][Ru+2].[NH-][C@H]1c2ccccc2C[C@H]1O. The zero-order valence-electron chi connectivity index (χ0n) is 16.3. The second-order valence-electron chi connectivity index (χ2n) is 6.30. The van der Waals surface area contributed by atoms with E-state index in [0.717, 1.165) is 18.1 Å². The summed E-state index contributed by atoms with van der Waals surface area (Å²) in [7, 11) is 4.57. The van der Waals surface area contributed by atoms with Crippen LogP contribution in [-0.4, -0.2) is 17.0 Å². The summed E-state index contributed by atoms with van der Waals surface area (Å²) in [5, 5.41) is 9.33. The van der Waals surface area contributed by atoms with Crippen molar-refractivity contribution in [3.8, 4) is 0 Å². The van der Waals surface area contributed by atoms with E-state index in [0.29, 0.717) is 18.6 Å². The second kappa shape index (κ2) is 11.9. The van der Waals surface area contributed by atoms with Crippen molar-refractivity contribution in [1.29, 1.82) is 0 Å². The van der Waals surface area contributed by atoms with Crippen molar-refractivity contribution < 1.29 is 53.6 Å². The molecule has 3 nitrogen and oxygen atoms in total. The van der Waals surface area contributed by atoms with Crippen LogP contribution in [0, 0.1) is 7.43 Å². The number of rotatable bonds is 1. The molecule has 0 bridgehead atoms. The number of halogens is 7. The number of carbonyl (C=O) groups is 1. The smallest absolute Gasteiger partial charge is 0.0459 e. The predicted molar refractivity (Wildman–Crippen MR) is 102 cm³/mol. The predicted octanol–water partition coefficient (Wildman–Crippen LogP) is 6.76. The molecule has 31 heavy (non-hydrogen) atoms. The van der Waals surface area contributed by atoms with Crippen LogP contribution in [0.5, 0.6) is 0 Å². The van der Waals surface area contributed by atoms with Crippen molar-refractivity contribution in [2.75, 3.05) is 0 Å². The van der Waals surface area contributed by atoms with E-state index in [9.17, 15) is 36.2 Å². The number of Topliss-reactive ketones (excluding diaryl/α,β-unsaturated/α-hetero) is 1. The van der Waals surface area contributed by atoms with Crippen molar-refractivity contribution >= 4 is 15.5 Å². The Bertz CT molecular complexity index is 841. The molecule has 173 valence electrons. The molecule has 0 radical (unpaired) electrons. The summed E-state index contributed by atoms with van der Waals surface area (Å²) in [6.45, 7) is 0.898. The molecule has 11 heteroatoms. The summed E-state index contributed by atoms with van der Waals surface area (Å²) in [6, 6.07) is 8.12. The molecule has 0 spiro atoms. The van der Waals surface area contributed by atoms with Crippen molar-refractivity contribution in [1.82, 2.24) is 0 Å². The number of fused-ring (bicyclic) bond motifs is 1. The summed E-state index contributed by atoms with van der Waals surface area (Å²) >= 11 is 1.82. The minimum absolute atomic E-state index is 0. The van der Waals surface area contributed by atoms with E-state index in [2.05, 4.69) is 9.69 Å². The monoisotopic (exact) mass is 556 g/mol. The minimum atomic E-state index is -4.93. The second-order valence-corrected chi connectivity index (χ2v) is 6.30. The van der Waals surface area contributed by atoms with E-state index in [-0.39, 0.29) is 13.5 Å². The van der Waals surface area contributed by atoms with Gasteiger partial charge in [-0.25, -0.2) is 0 Å². The zero-order chi connectivity index (χ0) is 23.3. The first kappa shape index (κ1) is 29.5. The fraction of sp³-hybridized carbons (Fsp3) is 0.300. The van der Waals surface area contributed by atoms with E-state index >= 15 is 0 Å². The molecule has 0 amide bonds. The molecule has 0 saturated carbocycles. The van der Waals surface area contributed by atoms with Crippen LogP contribution >= 0.6 is 9.69 Å². The summed E-state index contributed by atoms with van der Waals surface area (Å²) in [5.74, 6) is -0.860. The van der Waals surface area contributed by atoms with Crippen LogP contribution in [0.15, 0.2) is 42.5 Å². The van der Waals surface area contributed by atoms with Gasteiger partial charge in [0.25, 0.3) is 0 Å². The van der Waals surface area contributed by atoms with Gasteiger partial charge < -0.3 is 18.3 Å². The van der Waals surface area contributed by atoms with Crippen LogP contribution in [-0.2, 0) is 36.1 Å². The summed E-state index contributed by atoms with van der Waals surface area (Å²) in [5.41, 5.74) is 6.09. The molecule has 0 heterocycles. The molecule has 0 aromatic heterocycles. The molecule has 0 saturated heterocycles. The number of aliphatic hydroxyl groups excluding tert-OH is 1. The Labute approximate surface area is 190 Å². The van der Waals surface area contributed by atoms with Crippen molar-refractivity contribution in [2.24, 2.45) is 0 Å². The molecule has 3 rings (SSSR count). The molecule has 0 unspecified atom stereocenters. The number of aliphatic hydroxyl groups is 1. The van der Waals surface area contributed by atoms with E-state index in [1.54, 1.807) is 0 Å². The standard InChI is InChI=1S/C10H6F6O.C9H10NO.CH3.ClH.Ru/c1-5(17)6-2-7(9(11,12)13)4-8(3-6)10(14,15)16;10-9-7-4-2-1-3-6(7)5-8(9)11;;;/h2-4H,1H3;1-4,8-11H,5H2;1H3;1H;/q;2*-1;;+3/p-1/t;8-,9+;;;/m.1.../s1. The third-order valence-corrected chi connectivity index (χ3v) is 4.20. The van der Waals surface area contributed by atoms with Gasteiger partial charge in [0.1, 0.15) is 0 Å². The van der Waals surface area contributed by atoms with Gasteiger partial charge in [0.2, 0.25) is 0 Å². The van der Waals surface area contributed by atoms with Gasteiger partial charge in [0.05, 0.1) is 11.1 Å². The maximum absolute atomic E-state index is 12.3. The normalized spacial score (nSPS) is 17.2. The molecule has 0 aliphatic heterocycles. The summed E-state index contributed by atoms with van der Waals surface area (Å²) < 4.78 is 73.9. The topological polar surface area (TPSA) is 61.1 Å². The van der Waals surface area contributed by atoms with Gasteiger partial charge >= 0.3 is 39.4 Å². The van der Waals surface area contributed by atoms with Gasteiger partial charge in [0, 0.05) is 11.7 Å². The number of ketones is 1. The maximum Gasteiger partial charge on any atom is 0.0459 e. The van der Waals surface area contributed by atoms with Crippen LogP contribution < -0.4 is 0 Å². The number of carbonyl (C=O) groups excluding carboxylic acids is 1. The average Bonchev–Trinajstić information content (AvgIpc) is 2.96. The Morgan fingerprint density at radius 3 is 1.87 bits per heavy atom. The molecular formula is C20H19ClF6NO2Ru. The number of hydrogen-bond acceptors (Lipinski definition) is 2. The molecule has 2 atom stereocenters. The van der Waals surface area contributed by atoms with Gasteiger partial charge in [-0.1, -0.05) is 35.9 Å². The van der Waals surface area contributed by atoms with E-state index < -0.39 is 47.0 Å². The van der Waals surface area contributed by atoms with Gasteiger partial charge in [0.15, 0.2) is 5.78 Å². The van der Waals surface area contributed by atoms with Crippen molar-refractivity contribution in [3.63, 3.8) is 0 Å². The fourth-order valence-electron chi connectivity index (χ4n) is 2.73. The zero-order valence-corrected chi connectivity index (χ0v) is 18.8. The quantitative estimate of drug-likeness (QED) is 0.183. The first-order chi connectivity index (χ1) is 13.8. The first-order valence-electron chi connectivity index (χ1n) is 8.21. The Hall–Kier alpha value is -1.48. The molecular weight excluding hydrogens is 537 g/mol. The Morgan fingerprint density at radius 1 is 1.03 bits per heavy atom. The molecule has 1 aliphatic rings. The first-order valence-corrected chi connectivity index (χ1v) is 10.4. The van der Waals surface area contributed by atoms with Crippen molar-refractivity contribution in [3.05, 3.63) is 83.4 Å². The molecule has 0 fully saturated rings. The van der Waals surface area contributed by atoms with Crippen LogP contribution in [0.1, 0.15) is 45.6 Å². The number of alkyl halides is 6. The van der Waals surface area contributed by atoms with E-state index in [1.807, 2.05) is 41.6 Å². The fourth-order valence-corrected chi connectivity index (χ4v) is 2.73. The third kappa shape index (κ3) is 8.18. The van der Waals surface area contributed by atoms with Crippen LogP contribution in [0.3, 0.4) is 0 Å². The number of hydrogen-bond donors (Lipinski definition) is 1. The summed E-state index contributed by atoms with van der Waals surface area (Å²) in [4.78, 5) is 10.9. The average molecular weight is 556 g/mol. The van der Waals surface area contributed by atoms with Gasteiger partial charge in [-0.3, -0.25) is 4.79 Å². The summed E-state index contributed by atoms with van der Waals surface area (Å²) in [6.07, 6.45) is -9.70.